The van der Waals surface area contributed by atoms with Crippen LogP contribution in [0.2, 0.25) is 0 Å². The van der Waals surface area contributed by atoms with E-state index in [1.54, 1.807) is 29.2 Å². The number of carboxylic acid groups (broad SMARTS) is 1. The Balaban J connectivity index is 0.00000122. The van der Waals surface area contributed by atoms with E-state index in [2.05, 4.69) is 6.58 Å². The van der Waals surface area contributed by atoms with Crippen LogP contribution in [0, 0.1) is 5.53 Å². The summed E-state index contributed by atoms with van der Waals surface area (Å²) in [7, 11) is 0. The summed E-state index contributed by atoms with van der Waals surface area (Å²) in [5.74, 6) is -0.937. The number of allylic oxidation sites excluding steroid dienone is 1. The van der Waals surface area contributed by atoms with E-state index in [4.69, 9.17) is 20.9 Å². The Bertz CT molecular complexity index is 588. The van der Waals surface area contributed by atoms with Crippen molar-refractivity contribution in [1.82, 2.24) is 0 Å². The lowest BCUT2D eigenvalue weighted by Crippen LogP contribution is -2.04. The average Bonchev–Trinajstić information content (AvgIpc) is 2.39. The normalized spacial score (nSPS) is 9.19. The number of rotatable bonds is 5. The summed E-state index contributed by atoms with van der Waals surface area (Å²) in [5.41, 5.74) is 13.8. The Hall–Kier alpha value is -3.05. The summed E-state index contributed by atoms with van der Waals surface area (Å²) in [5, 5.41) is 8.55. The van der Waals surface area contributed by atoms with Gasteiger partial charge in [0.15, 0.2) is 0 Å². The molecule has 0 spiro atoms. The lowest BCUT2D eigenvalue weighted by molar-refractivity contribution is -0.132. The Morgan fingerprint density at radius 3 is 2.62 bits per heavy atom. The number of esters is 1. The van der Waals surface area contributed by atoms with Gasteiger partial charge in [-0.25, -0.2) is 4.79 Å². The molecule has 0 fully saturated rings. The number of hydrogen-bond donors (Lipinski definition) is 2. The summed E-state index contributed by atoms with van der Waals surface area (Å²) in [6, 6.07) is 5.09. The van der Waals surface area contributed by atoms with Gasteiger partial charge in [-0.15, -0.1) is 12.1 Å². The molecule has 7 nitrogen and oxygen atoms in total. The average molecular weight is 289 g/mol. The number of carbonyl (C=O) groups is 2. The summed E-state index contributed by atoms with van der Waals surface area (Å²) in [4.78, 5) is 23.1. The second-order valence-corrected chi connectivity index (χ2v) is 3.73. The van der Waals surface area contributed by atoms with Crippen LogP contribution in [0.1, 0.15) is 18.1 Å². The quantitative estimate of drug-likeness (QED) is 0.164. The molecule has 0 radical (unpaired) electrons. The van der Waals surface area contributed by atoms with Crippen molar-refractivity contribution in [3.8, 4) is 5.75 Å². The molecule has 0 saturated heterocycles. The van der Waals surface area contributed by atoms with E-state index in [-0.39, 0.29) is 0 Å². The van der Waals surface area contributed by atoms with E-state index < -0.39 is 11.9 Å². The van der Waals surface area contributed by atoms with Crippen molar-refractivity contribution in [3.63, 3.8) is 0 Å². The molecule has 0 aliphatic rings. The van der Waals surface area contributed by atoms with Gasteiger partial charge in [-0.05, 0) is 46.2 Å². The Morgan fingerprint density at radius 2 is 2.14 bits per heavy atom. The number of nitrogens with one attached hydrogen (secondary N) is 1. The Labute approximate surface area is 121 Å². The smallest absolute Gasteiger partial charge is 0.328 e. The number of nitrogens with zero attached hydrogens (tertiary/aromatic N) is 2. The second-order valence-electron chi connectivity index (χ2n) is 3.73. The summed E-state index contributed by atoms with van der Waals surface area (Å²) in [6.07, 6.45) is 4.76. The topological polar surface area (TPSA) is 124 Å². The van der Waals surface area contributed by atoms with Gasteiger partial charge < -0.3 is 9.84 Å². The van der Waals surface area contributed by atoms with Gasteiger partial charge in [0.1, 0.15) is 5.75 Å². The summed E-state index contributed by atoms with van der Waals surface area (Å²) in [6.45, 7) is 4.96. The van der Waals surface area contributed by atoms with Crippen molar-refractivity contribution in [1.29, 1.82) is 5.53 Å². The highest BCUT2D eigenvalue weighted by molar-refractivity contribution is 5.85. The largest absolute Gasteiger partial charge is 0.478 e. The minimum Gasteiger partial charge on any atom is -0.478 e. The van der Waals surface area contributed by atoms with Crippen LogP contribution in [0.15, 0.2) is 36.9 Å². The molecule has 1 rings (SSSR count). The molecule has 0 amide bonds. The van der Waals surface area contributed by atoms with Crippen molar-refractivity contribution < 1.29 is 19.4 Å². The van der Waals surface area contributed by atoms with Crippen molar-refractivity contribution >= 4 is 18.0 Å². The van der Waals surface area contributed by atoms with Gasteiger partial charge in [0.25, 0.3) is 0 Å². The van der Waals surface area contributed by atoms with Crippen LogP contribution in [-0.2, 0) is 16.0 Å². The summed E-state index contributed by atoms with van der Waals surface area (Å²) < 4.78 is 5.05. The Morgan fingerprint density at radius 1 is 1.52 bits per heavy atom. The molecule has 2 N–H and O–H groups in total. The highest BCUT2D eigenvalue weighted by Gasteiger charge is 2.05. The number of carboxylic acids is 1. The fourth-order valence-electron chi connectivity index (χ4n) is 1.44. The van der Waals surface area contributed by atoms with Crippen molar-refractivity contribution in [2.75, 3.05) is 0 Å². The number of benzene rings is 1. The van der Waals surface area contributed by atoms with Gasteiger partial charge >= 0.3 is 11.9 Å². The van der Waals surface area contributed by atoms with E-state index in [9.17, 15) is 9.59 Å². The van der Waals surface area contributed by atoms with Crippen LogP contribution >= 0.6 is 0 Å². The van der Waals surface area contributed by atoms with E-state index in [0.29, 0.717) is 12.2 Å². The zero-order chi connectivity index (χ0) is 16.3. The van der Waals surface area contributed by atoms with Crippen LogP contribution in [0.3, 0.4) is 0 Å². The maximum absolute atomic E-state index is 10.9. The van der Waals surface area contributed by atoms with Crippen molar-refractivity contribution in [2.24, 2.45) is 0 Å². The molecule has 0 saturated carbocycles. The van der Waals surface area contributed by atoms with Gasteiger partial charge in [-0.2, -0.15) is 0 Å². The molecule has 21 heavy (non-hydrogen) atoms. The lowest BCUT2D eigenvalue weighted by Gasteiger charge is -2.08. The van der Waals surface area contributed by atoms with Crippen LogP contribution in [0.25, 0.3) is 16.5 Å². The highest BCUT2D eigenvalue weighted by Crippen LogP contribution is 2.22. The predicted octanol–water partition coefficient (Wildman–Crippen LogP) is 3.31. The molecular weight excluding hydrogens is 274 g/mol. The van der Waals surface area contributed by atoms with Crippen LogP contribution in [-0.4, -0.2) is 17.0 Å². The standard InChI is InChI=1S/C14H14O4.HN3/c1-3-4-12-9-11(6-8-14(16)17)5-7-13(12)18-10(2)15;1-3-2/h3,5-9H,1,4H2,2H3,(H,16,17);1H. The molecular formula is C14H15N3O4. The van der Waals surface area contributed by atoms with Crippen LogP contribution in [0.4, 0.5) is 0 Å². The predicted molar refractivity (Wildman–Crippen MR) is 77.8 cm³/mol. The molecule has 0 heterocycles. The van der Waals surface area contributed by atoms with Gasteiger partial charge in [-0.3, -0.25) is 4.79 Å². The molecule has 7 heteroatoms. The Kier molecular flexibility index (Phi) is 8.40. The first-order valence-electron chi connectivity index (χ1n) is 5.78. The fourth-order valence-corrected chi connectivity index (χ4v) is 1.44. The van der Waals surface area contributed by atoms with Crippen molar-refractivity contribution in [3.05, 3.63) is 58.5 Å². The molecule has 0 aromatic heterocycles. The van der Waals surface area contributed by atoms with E-state index in [1.165, 1.54) is 13.0 Å². The number of carbonyl (C=O) groups excluding carboxylic acids is 1. The third-order valence-corrected chi connectivity index (χ3v) is 2.12. The maximum Gasteiger partial charge on any atom is 0.328 e. The summed E-state index contributed by atoms with van der Waals surface area (Å²) >= 11 is 0. The van der Waals surface area contributed by atoms with E-state index in [0.717, 1.165) is 17.2 Å². The van der Waals surface area contributed by atoms with Gasteiger partial charge in [0.05, 0.1) is 0 Å². The zero-order valence-corrected chi connectivity index (χ0v) is 11.4. The van der Waals surface area contributed by atoms with Crippen molar-refractivity contribution in [2.45, 2.75) is 13.3 Å². The minimum atomic E-state index is -1.01. The SMILES string of the molecule is C=CCc1cc(C=CC(=O)O)ccc1OC(C)=O.[N-]=[N+]=N. The lowest BCUT2D eigenvalue weighted by atomic mass is 10.1. The number of aliphatic carboxylic acids is 1. The number of hydrogen-bond acceptors (Lipinski definition) is 4. The van der Waals surface area contributed by atoms with Crippen LogP contribution < -0.4 is 4.74 Å². The molecule has 0 aliphatic carbocycles. The van der Waals surface area contributed by atoms with Gasteiger partial charge in [-0.1, -0.05) is 12.1 Å². The second kappa shape index (κ2) is 9.82. The molecule has 0 atom stereocenters. The van der Waals surface area contributed by atoms with Crippen LogP contribution in [0.5, 0.6) is 5.75 Å². The maximum atomic E-state index is 10.9. The van der Waals surface area contributed by atoms with E-state index in [1.807, 2.05) is 0 Å². The molecule has 0 bridgehead atoms. The third-order valence-electron chi connectivity index (χ3n) is 2.12. The molecule has 1 aromatic carbocycles. The van der Waals surface area contributed by atoms with Gasteiger partial charge in [0.2, 0.25) is 0 Å². The first-order valence-corrected chi connectivity index (χ1v) is 5.78. The zero-order valence-electron chi connectivity index (χ0n) is 11.4. The fraction of sp³-hybridized carbons (Fsp3) is 0.143. The molecule has 0 unspecified atom stereocenters. The first kappa shape index (κ1) is 17.9. The minimum absolute atomic E-state index is 0.394. The molecule has 1 aromatic rings. The molecule has 0 aliphatic heterocycles. The number of ether oxygens (including phenoxy) is 1. The van der Waals surface area contributed by atoms with Gasteiger partial charge in [0, 0.05) is 13.0 Å². The third kappa shape index (κ3) is 7.86. The highest BCUT2D eigenvalue weighted by atomic mass is 16.5. The molecule has 110 valence electrons. The first-order chi connectivity index (χ1) is 9.94. The monoisotopic (exact) mass is 289 g/mol. The van der Waals surface area contributed by atoms with E-state index >= 15 is 0 Å².